The van der Waals surface area contributed by atoms with Crippen molar-refractivity contribution in [2.75, 3.05) is 6.61 Å². The highest BCUT2D eigenvalue weighted by atomic mass is 16.5. The number of hydrogen-bond acceptors (Lipinski definition) is 1. The van der Waals surface area contributed by atoms with Crippen LogP contribution in [0, 0.1) is 23.7 Å². The van der Waals surface area contributed by atoms with Gasteiger partial charge in [-0.1, -0.05) is 55.2 Å². The molecule has 1 aromatic carbocycles. The van der Waals surface area contributed by atoms with Crippen LogP contribution >= 0.6 is 0 Å². The van der Waals surface area contributed by atoms with Gasteiger partial charge in [0.05, 0.1) is 13.2 Å². The van der Waals surface area contributed by atoms with Crippen LogP contribution in [0.3, 0.4) is 0 Å². The standard InChI is InChI=1S/C23H30O/c1-3-5-6-18-24-19-23-16-14-22(15-17-23)13-12-21-10-8-20(7-4-2)9-11-21/h4-7,14-17,20-21H,3,8-11,18-19H2,1-2H3/b6-5+,7-4-/t20-,21-. The zero-order valence-electron chi connectivity index (χ0n) is 15.1. The van der Waals surface area contributed by atoms with Gasteiger partial charge in [0.15, 0.2) is 0 Å². The minimum Gasteiger partial charge on any atom is -0.373 e. The molecular weight excluding hydrogens is 292 g/mol. The predicted octanol–water partition coefficient (Wildman–Crippen LogP) is 5.90. The highest BCUT2D eigenvalue weighted by molar-refractivity contribution is 5.36. The first-order chi connectivity index (χ1) is 11.8. The zero-order chi connectivity index (χ0) is 17.0. The van der Waals surface area contributed by atoms with Gasteiger partial charge in [-0.05, 0) is 62.6 Å². The minimum atomic E-state index is 0.569. The van der Waals surface area contributed by atoms with E-state index in [0.29, 0.717) is 19.1 Å². The van der Waals surface area contributed by atoms with Gasteiger partial charge in [0.1, 0.15) is 0 Å². The summed E-state index contributed by atoms with van der Waals surface area (Å²) in [6.07, 6.45) is 14.8. The van der Waals surface area contributed by atoms with E-state index in [2.05, 4.69) is 74.3 Å². The molecule has 2 rings (SSSR count). The highest BCUT2D eigenvalue weighted by Gasteiger charge is 2.17. The largest absolute Gasteiger partial charge is 0.373 e. The van der Waals surface area contributed by atoms with Crippen molar-refractivity contribution >= 4 is 0 Å². The third-order valence-electron chi connectivity index (χ3n) is 4.50. The summed E-state index contributed by atoms with van der Waals surface area (Å²) in [6.45, 7) is 5.59. The van der Waals surface area contributed by atoms with Gasteiger partial charge in [-0.15, -0.1) is 0 Å². The number of benzene rings is 1. The molecule has 128 valence electrons. The van der Waals surface area contributed by atoms with E-state index in [1.807, 2.05) is 0 Å². The van der Waals surface area contributed by atoms with Crippen LogP contribution < -0.4 is 0 Å². The Balaban J connectivity index is 1.77. The van der Waals surface area contributed by atoms with E-state index in [1.54, 1.807) is 0 Å². The summed E-state index contributed by atoms with van der Waals surface area (Å²) in [5, 5.41) is 0. The van der Waals surface area contributed by atoms with Crippen molar-refractivity contribution in [3.63, 3.8) is 0 Å². The van der Waals surface area contributed by atoms with Crippen LogP contribution in [0.15, 0.2) is 48.6 Å². The fourth-order valence-electron chi connectivity index (χ4n) is 3.08. The zero-order valence-corrected chi connectivity index (χ0v) is 15.1. The molecule has 0 bridgehead atoms. The van der Waals surface area contributed by atoms with E-state index in [9.17, 15) is 0 Å². The summed E-state index contributed by atoms with van der Waals surface area (Å²) in [5.74, 6) is 8.17. The lowest BCUT2D eigenvalue weighted by atomic mass is 9.82. The lowest BCUT2D eigenvalue weighted by Gasteiger charge is -2.22. The van der Waals surface area contributed by atoms with Crippen LogP contribution in [0.5, 0.6) is 0 Å². The van der Waals surface area contributed by atoms with Crippen molar-refractivity contribution in [3.05, 3.63) is 59.7 Å². The third kappa shape index (κ3) is 6.77. The topological polar surface area (TPSA) is 9.23 Å². The van der Waals surface area contributed by atoms with Crippen molar-refractivity contribution in [2.24, 2.45) is 11.8 Å². The lowest BCUT2D eigenvalue weighted by molar-refractivity contribution is 0.148. The molecule has 1 heteroatoms. The Kier molecular flexibility index (Phi) is 8.42. The smallest absolute Gasteiger partial charge is 0.0721 e. The van der Waals surface area contributed by atoms with E-state index in [-0.39, 0.29) is 0 Å². The van der Waals surface area contributed by atoms with E-state index >= 15 is 0 Å². The monoisotopic (exact) mass is 322 g/mol. The number of ether oxygens (including phenoxy) is 1. The summed E-state index contributed by atoms with van der Waals surface area (Å²) in [6, 6.07) is 8.46. The van der Waals surface area contributed by atoms with Crippen molar-refractivity contribution in [1.82, 2.24) is 0 Å². The molecule has 1 saturated carbocycles. The predicted molar refractivity (Wildman–Crippen MR) is 103 cm³/mol. The molecule has 0 spiro atoms. The number of rotatable bonds is 6. The summed E-state index contributed by atoms with van der Waals surface area (Å²) in [4.78, 5) is 0. The molecule has 0 atom stereocenters. The number of allylic oxidation sites excluding steroid dienone is 3. The fraction of sp³-hybridized carbons (Fsp3) is 0.478. The molecule has 0 N–H and O–H groups in total. The van der Waals surface area contributed by atoms with E-state index in [4.69, 9.17) is 4.74 Å². The third-order valence-corrected chi connectivity index (χ3v) is 4.50. The molecule has 1 aromatic rings. The molecule has 0 aliphatic heterocycles. The van der Waals surface area contributed by atoms with Gasteiger partial charge in [0.2, 0.25) is 0 Å². The molecule has 0 aromatic heterocycles. The Bertz CT molecular complexity index is 575. The Morgan fingerprint density at radius 3 is 2.50 bits per heavy atom. The quantitative estimate of drug-likeness (QED) is 0.360. The maximum atomic E-state index is 5.62. The van der Waals surface area contributed by atoms with Crippen LogP contribution in [0.2, 0.25) is 0 Å². The van der Waals surface area contributed by atoms with Crippen LogP contribution in [-0.2, 0) is 11.3 Å². The van der Waals surface area contributed by atoms with Crippen molar-refractivity contribution in [1.29, 1.82) is 0 Å². The van der Waals surface area contributed by atoms with Crippen molar-refractivity contribution < 1.29 is 4.74 Å². The van der Waals surface area contributed by atoms with Gasteiger partial charge in [-0.2, -0.15) is 0 Å². The van der Waals surface area contributed by atoms with Gasteiger partial charge < -0.3 is 4.74 Å². The average Bonchev–Trinajstić information content (AvgIpc) is 2.62. The molecule has 1 aliphatic rings. The summed E-state index contributed by atoms with van der Waals surface area (Å²) in [5.41, 5.74) is 2.32. The van der Waals surface area contributed by atoms with Crippen LogP contribution in [0.1, 0.15) is 57.1 Å². The molecule has 0 unspecified atom stereocenters. The lowest BCUT2D eigenvalue weighted by Crippen LogP contribution is -2.11. The van der Waals surface area contributed by atoms with E-state index in [1.165, 1.54) is 31.2 Å². The summed E-state index contributed by atoms with van der Waals surface area (Å²) >= 11 is 0. The summed E-state index contributed by atoms with van der Waals surface area (Å²) < 4.78 is 5.62. The molecule has 1 fully saturated rings. The van der Waals surface area contributed by atoms with Crippen LogP contribution in [0.4, 0.5) is 0 Å². The van der Waals surface area contributed by atoms with Gasteiger partial charge in [0.25, 0.3) is 0 Å². The molecule has 1 aliphatic carbocycles. The molecule has 0 heterocycles. The molecular formula is C23H30O. The fourth-order valence-corrected chi connectivity index (χ4v) is 3.08. The van der Waals surface area contributed by atoms with Gasteiger partial charge >= 0.3 is 0 Å². The minimum absolute atomic E-state index is 0.569. The van der Waals surface area contributed by atoms with Gasteiger partial charge in [0, 0.05) is 11.5 Å². The molecule has 0 radical (unpaired) electrons. The Hall–Kier alpha value is -1.78. The second-order valence-electron chi connectivity index (χ2n) is 6.50. The first kappa shape index (κ1) is 18.6. The second-order valence-corrected chi connectivity index (χ2v) is 6.50. The summed E-state index contributed by atoms with van der Waals surface area (Å²) in [7, 11) is 0. The Morgan fingerprint density at radius 1 is 1.08 bits per heavy atom. The van der Waals surface area contributed by atoms with Crippen molar-refractivity contribution in [2.45, 2.75) is 52.6 Å². The van der Waals surface area contributed by atoms with E-state index in [0.717, 1.165) is 17.9 Å². The first-order valence-corrected chi connectivity index (χ1v) is 9.27. The average molecular weight is 322 g/mol. The van der Waals surface area contributed by atoms with Crippen LogP contribution in [0.25, 0.3) is 0 Å². The first-order valence-electron chi connectivity index (χ1n) is 9.27. The molecule has 1 nitrogen and oxygen atoms in total. The van der Waals surface area contributed by atoms with E-state index < -0.39 is 0 Å². The highest BCUT2D eigenvalue weighted by Crippen LogP contribution is 2.29. The maximum absolute atomic E-state index is 5.62. The normalized spacial score (nSPS) is 21.1. The Morgan fingerprint density at radius 2 is 1.83 bits per heavy atom. The second kappa shape index (κ2) is 10.9. The molecule has 0 saturated heterocycles. The maximum Gasteiger partial charge on any atom is 0.0721 e. The molecule has 24 heavy (non-hydrogen) atoms. The van der Waals surface area contributed by atoms with Gasteiger partial charge in [-0.3, -0.25) is 0 Å². The Labute approximate surface area is 147 Å². The van der Waals surface area contributed by atoms with Gasteiger partial charge in [-0.25, -0.2) is 0 Å². The SMILES string of the molecule is C/C=C\[C@H]1CC[C@H](C#Cc2ccc(COC/C=C/CC)cc2)CC1. The van der Waals surface area contributed by atoms with Crippen LogP contribution in [-0.4, -0.2) is 6.61 Å². The molecule has 0 amide bonds. The van der Waals surface area contributed by atoms with Crippen molar-refractivity contribution in [3.8, 4) is 11.8 Å². The number of hydrogen-bond donors (Lipinski definition) is 0.